The lowest BCUT2D eigenvalue weighted by molar-refractivity contribution is -0.225. The minimum Gasteiger partial charge on any atom is -0.316 e. The summed E-state index contributed by atoms with van der Waals surface area (Å²) in [6.07, 6.45) is -3.95. The molecule has 0 spiro atoms. The molecule has 2 nitrogen and oxygen atoms in total. The van der Waals surface area contributed by atoms with Gasteiger partial charge >= 0.3 is 6.18 Å². The van der Waals surface area contributed by atoms with Gasteiger partial charge in [0.25, 0.3) is 0 Å². The molecule has 0 heterocycles. The smallest absolute Gasteiger partial charge is 0.316 e. The second-order valence-electron chi connectivity index (χ2n) is 3.37. The van der Waals surface area contributed by atoms with Gasteiger partial charge in [-0.2, -0.15) is 18.7 Å². The second-order valence-corrected chi connectivity index (χ2v) is 3.37. The van der Waals surface area contributed by atoms with Crippen molar-refractivity contribution in [1.29, 1.82) is 0 Å². The molecular formula is C11H12F3NO. The van der Waals surface area contributed by atoms with Crippen molar-refractivity contribution < 1.29 is 18.4 Å². The van der Waals surface area contributed by atoms with Gasteiger partial charge in [0.05, 0.1) is 0 Å². The van der Waals surface area contributed by atoms with E-state index in [0.717, 1.165) is 6.08 Å². The Morgan fingerprint density at radius 3 is 2.19 bits per heavy atom. The fraction of sp³-hybridized carbons (Fsp3) is 0.273. The third kappa shape index (κ3) is 2.10. The molecule has 0 aliphatic rings. The average molecular weight is 231 g/mol. The van der Waals surface area contributed by atoms with Crippen LogP contribution in [0.3, 0.4) is 0 Å². The van der Waals surface area contributed by atoms with Crippen LogP contribution in [0.2, 0.25) is 0 Å². The number of benzene rings is 1. The summed E-state index contributed by atoms with van der Waals surface area (Å²) in [5.41, 5.74) is -1.16. The number of nitrogens with one attached hydrogen (secondary N) is 1. The van der Waals surface area contributed by atoms with E-state index in [4.69, 9.17) is 5.21 Å². The van der Waals surface area contributed by atoms with Gasteiger partial charge in [0.2, 0.25) is 0 Å². The molecular weight excluding hydrogens is 219 g/mol. The maximum Gasteiger partial charge on any atom is 0.413 e. The van der Waals surface area contributed by atoms with Crippen molar-refractivity contribution in [2.45, 2.75) is 18.1 Å². The highest BCUT2D eigenvalue weighted by atomic mass is 19.4. The van der Waals surface area contributed by atoms with E-state index in [1.807, 2.05) is 0 Å². The Morgan fingerprint density at radius 2 is 1.81 bits per heavy atom. The predicted octanol–water partition coefficient (Wildman–Crippen LogP) is 3.00. The van der Waals surface area contributed by atoms with E-state index in [1.165, 1.54) is 29.7 Å². The van der Waals surface area contributed by atoms with Crippen LogP contribution in [0.15, 0.2) is 43.0 Å². The Balaban J connectivity index is 3.28. The zero-order valence-electron chi connectivity index (χ0n) is 8.46. The molecule has 0 saturated heterocycles. The zero-order valence-corrected chi connectivity index (χ0v) is 8.46. The molecule has 2 N–H and O–H groups in total. The molecule has 1 unspecified atom stereocenters. The molecule has 0 aromatic heterocycles. The number of hydrogen-bond acceptors (Lipinski definition) is 2. The number of rotatable bonds is 4. The standard InChI is InChI=1S/C11H12F3NO/c1-2-8-10(15-16,11(12,13)14)9-6-4-3-5-7-9/h2-7,15-16H,1,8H2. The van der Waals surface area contributed by atoms with Crippen LogP contribution < -0.4 is 5.48 Å². The fourth-order valence-corrected chi connectivity index (χ4v) is 1.51. The summed E-state index contributed by atoms with van der Waals surface area (Å²) in [6, 6.07) is 7.18. The largest absolute Gasteiger partial charge is 0.413 e. The Labute approximate surface area is 91.4 Å². The summed E-state index contributed by atoms with van der Waals surface area (Å²) >= 11 is 0. The molecule has 0 saturated carbocycles. The highest BCUT2D eigenvalue weighted by Crippen LogP contribution is 2.41. The molecule has 1 aromatic rings. The molecule has 0 bridgehead atoms. The Hall–Kier alpha value is -1.33. The zero-order chi connectivity index (χ0) is 12.2. The van der Waals surface area contributed by atoms with Gasteiger partial charge in [0.1, 0.15) is 0 Å². The third-order valence-electron chi connectivity index (χ3n) is 2.39. The lowest BCUT2D eigenvalue weighted by Gasteiger charge is -2.33. The first-order chi connectivity index (χ1) is 7.48. The van der Waals surface area contributed by atoms with Gasteiger partial charge < -0.3 is 5.21 Å². The monoisotopic (exact) mass is 231 g/mol. The number of halogens is 3. The van der Waals surface area contributed by atoms with E-state index in [9.17, 15) is 13.2 Å². The molecule has 0 radical (unpaired) electrons. The first-order valence-electron chi connectivity index (χ1n) is 4.62. The van der Waals surface area contributed by atoms with Crippen molar-refractivity contribution in [1.82, 2.24) is 5.48 Å². The van der Waals surface area contributed by atoms with Crippen LogP contribution in [0.5, 0.6) is 0 Å². The van der Waals surface area contributed by atoms with Gasteiger partial charge in [-0.3, -0.25) is 0 Å². The Bertz CT molecular complexity index is 350. The minimum absolute atomic E-state index is 0.0510. The first kappa shape index (κ1) is 12.7. The van der Waals surface area contributed by atoms with Crippen LogP contribution in [0, 0.1) is 0 Å². The van der Waals surface area contributed by atoms with Crippen molar-refractivity contribution in [2.75, 3.05) is 0 Å². The van der Waals surface area contributed by atoms with Crippen LogP contribution in [-0.4, -0.2) is 11.4 Å². The van der Waals surface area contributed by atoms with Gasteiger partial charge in [-0.15, -0.1) is 6.58 Å². The molecule has 1 aromatic carbocycles. The lowest BCUT2D eigenvalue weighted by atomic mass is 9.86. The Kier molecular flexibility index (Phi) is 3.72. The molecule has 0 amide bonds. The summed E-state index contributed by atoms with van der Waals surface area (Å²) in [4.78, 5) is 0. The van der Waals surface area contributed by atoms with E-state index in [1.54, 1.807) is 6.07 Å². The summed E-state index contributed by atoms with van der Waals surface area (Å²) in [5, 5.41) is 8.88. The van der Waals surface area contributed by atoms with Gasteiger partial charge in [-0.1, -0.05) is 36.4 Å². The molecule has 1 atom stereocenters. The maximum absolute atomic E-state index is 13.0. The topological polar surface area (TPSA) is 32.3 Å². The summed E-state index contributed by atoms with van der Waals surface area (Å²) in [7, 11) is 0. The summed E-state index contributed by atoms with van der Waals surface area (Å²) in [6.45, 7) is 3.28. The van der Waals surface area contributed by atoms with Crippen LogP contribution in [-0.2, 0) is 5.54 Å². The van der Waals surface area contributed by atoms with Crippen molar-refractivity contribution in [2.24, 2.45) is 0 Å². The Morgan fingerprint density at radius 1 is 1.25 bits per heavy atom. The van der Waals surface area contributed by atoms with Crippen LogP contribution in [0.4, 0.5) is 13.2 Å². The van der Waals surface area contributed by atoms with E-state index in [0.29, 0.717) is 0 Å². The van der Waals surface area contributed by atoms with Crippen molar-refractivity contribution >= 4 is 0 Å². The van der Waals surface area contributed by atoms with Gasteiger partial charge in [0.15, 0.2) is 5.54 Å². The highest BCUT2D eigenvalue weighted by molar-refractivity contribution is 5.27. The normalized spacial score (nSPS) is 15.5. The van der Waals surface area contributed by atoms with Crippen molar-refractivity contribution in [3.05, 3.63) is 48.6 Å². The predicted molar refractivity (Wildman–Crippen MR) is 53.9 cm³/mol. The van der Waals surface area contributed by atoms with Crippen LogP contribution in [0.25, 0.3) is 0 Å². The van der Waals surface area contributed by atoms with Crippen LogP contribution >= 0.6 is 0 Å². The number of alkyl halides is 3. The molecule has 5 heteroatoms. The van der Waals surface area contributed by atoms with E-state index >= 15 is 0 Å². The van der Waals surface area contributed by atoms with Gasteiger partial charge in [-0.05, 0) is 12.0 Å². The molecule has 88 valence electrons. The average Bonchev–Trinajstić information content (AvgIpc) is 2.25. The van der Waals surface area contributed by atoms with Crippen molar-refractivity contribution in [3.63, 3.8) is 0 Å². The number of hydroxylamine groups is 1. The van der Waals surface area contributed by atoms with Gasteiger partial charge in [0, 0.05) is 0 Å². The van der Waals surface area contributed by atoms with E-state index < -0.39 is 18.1 Å². The van der Waals surface area contributed by atoms with E-state index in [2.05, 4.69) is 6.58 Å². The molecule has 0 aliphatic carbocycles. The molecule has 16 heavy (non-hydrogen) atoms. The first-order valence-corrected chi connectivity index (χ1v) is 4.62. The van der Waals surface area contributed by atoms with Crippen LogP contribution in [0.1, 0.15) is 12.0 Å². The maximum atomic E-state index is 13.0. The van der Waals surface area contributed by atoms with E-state index in [-0.39, 0.29) is 5.56 Å². The molecule has 0 aliphatic heterocycles. The second kappa shape index (κ2) is 4.67. The molecule has 1 rings (SSSR count). The minimum atomic E-state index is -4.61. The lowest BCUT2D eigenvalue weighted by Crippen LogP contribution is -2.52. The SMILES string of the molecule is C=CCC(NO)(c1ccccc1)C(F)(F)F. The number of hydrogen-bond donors (Lipinski definition) is 2. The fourth-order valence-electron chi connectivity index (χ4n) is 1.51. The summed E-state index contributed by atoms with van der Waals surface area (Å²) in [5.74, 6) is 0. The van der Waals surface area contributed by atoms with Gasteiger partial charge in [-0.25, -0.2) is 0 Å². The quantitative estimate of drug-likeness (QED) is 0.616. The highest BCUT2D eigenvalue weighted by Gasteiger charge is 2.55. The summed E-state index contributed by atoms with van der Waals surface area (Å²) < 4.78 is 38.9. The third-order valence-corrected chi connectivity index (χ3v) is 2.39. The van der Waals surface area contributed by atoms with Crippen molar-refractivity contribution in [3.8, 4) is 0 Å². The molecule has 0 fully saturated rings.